The van der Waals surface area contributed by atoms with Crippen molar-refractivity contribution in [2.24, 2.45) is 0 Å². The Morgan fingerprint density at radius 1 is 0.875 bits per heavy atom. The number of aryl methyl sites for hydroxylation is 3. The summed E-state index contributed by atoms with van der Waals surface area (Å²) in [5.74, 6) is 0. The van der Waals surface area contributed by atoms with E-state index < -0.39 is 0 Å². The highest BCUT2D eigenvalue weighted by atomic mass is 15.3. The second kappa shape index (κ2) is 6.60. The van der Waals surface area contributed by atoms with Gasteiger partial charge in [0.15, 0.2) is 0 Å². The standard InChI is InChI=1S/C22H28N2/c1-17-7-8-18(2)22(15-17)24-13-11-23(12-14-24)21-10-9-19-5-3-4-6-20(19)16-21/h3-8,15,21H,9-14,16H2,1-2H3/t21-/m0/s1. The summed E-state index contributed by atoms with van der Waals surface area (Å²) in [6.07, 6.45) is 3.80. The normalized spacial score (nSPS) is 21.6. The van der Waals surface area contributed by atoms with Crippen LogP contribution in [0, 0.1) is 13.8 Å². The Morgan fingerprint density at radius 3 is 2.42 bits per heavy atom. The van der Waals surface area contributed by atoms with Crippen molar-refractivity contribution in [1.82, 2.24) is 4.90 Å². The van der Waals surface area contributed by atoms with Crippen molar-refractivity contribution in [2.75, 3.05) is 31.1 Å². The summed E-state index contributed by atoms with van der Waals surface area (Å²) in [5.41, 5.74) is 7.35. The van der Waals surface area contributed by atoms with Crippen LogP contribution in [0.15, 0.2) is 42.5 Å². The molecule has 0 saturated carbocycles. The minimum atomic E-state index is 0.737. The van der Waals surface area contributed by atoms with Crippen molar-refractivity contribution in [3.63, 3.8) is 0 Å². The molecule has 0 N–H and O–H groups in total. The van der Waals surface area contributed by atoms with Gasteiger partial charge in [-0.25, -0.2) is 0 Å². The molecular formula is C22H28N2. The minimum absolute atomic E-state index is 0.737. The predicted octanol–water partition coefficient (Wildman–Crippen LogP) is 3.98. The first-order valence-corrected chi connectivity index (χ1v) is 9.34. The molecule has 2 aromatic carbocycles. The Kier molecular flexibility index (Phi) is 4.32. The third-order valence-electron chi connectivity index (χ3n) is 5.86. The van der Waals surface area contributed by atoms with Crippen LogP contribution in [-0.2, 0) is 12.8 Å². The number of piperazine rings is 1. The lowest BCUT2D eigenvalue weighted by atomic mass is 9.87. The van der Waals surface area contributed by atoms with Crippen LogP contribution >= 0.6 is 0 Å². The van der Waals surface area contributed by atoms with Crippen molar-refractivity contribution >= 4 is 5.69 Å². The van der Waals surface area contributed by atoms with E-state index in [0.29, 0.717) is 0 Å². The molecular weight excluding hydrogens is 292 g/mol. The van der Waals surface area contributed by atoms with Crippen LogP contribution in [0.2, 0.25) is 0 Å². The van der Waals surface area contributed by atoms with Gasteiger partial charge >= 0.3 is 0 Å². The number of hydrogen-bond acceptors (Lipinski definition) is 2. The van der Waals surface area contributed by atoms with Crippen LogP contribution in [0.25, 0.3) is 0 Å². The Labute approximate surface area is 146 Å². The lowest BCUT2D eigenvalue weighted by Gasteiger charge is -2.42. The Hall–Kier alpha value is -1.80. The van der Waals surface area contributed by atoms with E-state index in [2.05, 4.69) is 66.1 Å². The van der Waals surface area contributed by atoms with Crippen molar-refractivity contribution in [2.45, 2.75) is 39.2 Å². The van der Waals surface area contributed by atoms with Gasteiger partial charge in [0.25, 0.3) is 0 Å². The number of anilines is 1. The average Bonchev–Trinajstić information content (AvgIpc) is 2.63. The molecule has 0 amide bonds. The fourth-order valence-corrected chi connectivity index (χ4v) is 4.38. The first kappa shape index (κ1) is 15.7. The second-order valence-electron chi connectivity index (χ2n) is 7.48. The average molecular weight is 320 g/mol. The quantitative estimate of drug-likeness (QED) is 0.826. The van der Waals surface area contributed by atoms with Crippen LogP contribution < -0.4 is 4.90 Å². The Morgan fingerprint density at radius 2 is 1.62 bits per heavy atom. The van der Waals surface area contributed by atoms with Crippen molar-refractivity contribution in [1.29, 1.82) is 0 Å². The molecule has 0 radical (unpaired) electrons. The van der Waals surface area contributed by atoms with Crippen LogP contribution in [0.3, 0.4) is 0 Å². The molecule has 1 heterocycles. The van der Waals surface area contributed by atoms with E-state index in [1.54, 1.807) is 11.1 Å². The summed E-state index contributed by atoms with van der Waals surface area (Å²) in [6, 6.07) is 16.6. The Balaban J connectivity index is 1.41. The number of rotatable bonds is 2. The molecule has 2 aliphatic rings. The topological polar surface area (TPSA) is 6.48 Å². The summed E-state index contributed by atoms with van der Waals surface area (Å²) in [4.78, 5) is 5.31. The maximum atomic E-state index is 2.73. The van der Waals surface area contributed by atoms with E-state index in [4.69, 9.17) is 0 Å². The molecule has 2 nitrogen and oxygen atoms in total. The molecule has 0 spiro atoms. The molecule has 0 bridgehead atoms. The largest absolute Gasteiger partial charge is 0.369 e. The monoisotopic (exact) mass is 320 g/mol. The molecule has 126 valence electrons. The molecule has 0 unspecified atom stereocenters. The number of hydrogen-bond donors (Lipinski definition) is 0. The van der Waals surface area contributed by atoms with E-state index in [1.165, 1.54) is 49.2 Å². The van der Waals surface area contributed by atoms with Gasteiger partial charge in [-0.2, -0.15) is 0 Å². The first-order valence-electron chi connectivity index (χ1n) is 9.34. The predicted molar refractivity (Wildman–Crippen MR) is 102 cm³/mol. The lowest BCUT2D eigenvalue weighted by molar-refractivity contribution is 0.170. The summed E-state index contributed by atoms with van der Waals surface area (Å²) in [5, 5.41) is 0. The zero-order chi connectivity index (χ0) is 16.5. The molecule has 1 atom stereocenters. The maximum Gasteiger partial charge on any atom is 0.0399 e. The SMILES string of the molecule is Cc1ccc(C)c(N2CCN([C@H]3CCc4ccccc4C3)CC2)c1. The van der Waals surface area contributed by atoms with Crippen LogP contribution in [0.1, 0.15) is 28.7 Å². The molecule has 2 aromatic rings. The molecule has 0 aromatic heterocycles. The van der Waals surface area contributed by atoms with Gasteiger partial charge in [0.1, 0.15) is 0 Å². The fourth-order valence-electron chi connectivity index (χ4n) is 4.38. The van der Waals surface area contributed by atoms with Gasteiger partial charge in [0.05, 0.1) is 0 Å². The smallest absolute Gasteiger partial charge is 0.0399 e. The van der Waals surface area contributed by atoms with Gasteiger partial charge in [-0.1, -0.05) is 36.4 Å². The fraction of sp³-hybridized carbons (Fsp3) is 0.455. The summed E-state index contributed by atoms with van der Waals surface area (Å²) >= 11 is 0. The van der Waals surface area contributed by atoms with Gasteiger partial charge < -0.3 is 4.90 Å². The molecule has 2 heteroatoms. The van der Waals surface area contributed by atoms with Crippen LogP contribution in [-0.4, -0.2) is 37.1 Å². The Bertz CT molecular complexity index is 714. The van der Waals surface area contributed by atoms with Crippen LogP contribution in [0.4, 0.5) is 5.69 Å². The van der Waals surface area contributed by atoms with Crippen molar-refractivity contribution in [3.8, 4) is 0 Å². The number of fused-ring (bicyclic) bond motifs is 1. The van der Waals surface area contributed by atoms with Crippen LogP contribution in [0.5, 0.6) is 0 Å². The zero-order valence-electron chi connectivity index (χ0n) is 15.0. The van der Waals surface area contributed by atoms with Gasteiger partial charge in [-0.15, -0.1) is 0 Å². The molecule has 1 aliphatic heterocycles. The second-order valence-corrected chi connectivity index (χ2v) is 7.48. The van der Waals surface area contributed by atoms with Gasteiger partial charge in [-0.05, 0) is 61.4 Å². The molecule has 1 aliphatic carbocycles. The molecule has 4 rings (SSSR count). The first-order chi connectivity index (χ1) is 11.7. The highest BCUT2D eigenvalue weighted by Crippen LogP contribution is 2.27. The van der Waals surface area contributed by atoms with E-state index in [-0.39, 0.29) is 0 Å². The number of nitrogens with zero attached hydrogens (tertiary/aromatic N) is 2. The summed E-state index contributed by atoms with van der Waals surface area (Å²) in [7, 11) is 0. The highest BCUT2D eigenvalue weighted by Gasteiger charge is 2.27. The summed E-state index contributed by atoms with van der Waals surface area (Å²) in [6.45, 7) is 9.13. The highest BCUT2D eigenvalue weighted by molar-refractivity contribution is 5.55. The van der Waals surface area contributed by atoms with E-state index in [9.17, 15) is 0 Å². The van der Waals surface area contributed by atoms with Crippen molar-refractivity contribution in [3.05, 3.63) is 64.7 Å². The van der Waals surface area contributed by atoms with E-state index >= 15 is 0 Å². The minimum Gasteiger partial charge on any atom is -0.369 e. The number of benzene rings is 2. The molecule has 24 heavy (non-hydrogen) atoms. The maximum absolute atomic E-state index is 2.73. The lowest BCUT2D eigenvalue weighted by Crippen LogP contribution is -2.51. The van der Waals surface area contributed by atoms with Crippen molar-refractivity contribution < 1.29 is 0 Å². The van der Waals surface area contributed by atoms with Gasteiger partial charge in [0, 0.05) is 37.9 Å². The zero-order valence-corrected chi connectivity index (χ0v) is 15.0. The van der Waals surface area contributed by atoms with Gasteiger partial charge in [-0.3, -0.25) is 4.90 Å². The van der Waals surface area contributed by atoms with E-state index in [1.807, 2.05) is 0 Å². The van der Waals surface area contributed by atoms with E-state index in [0.717, 1.165) is 19.1 Å². The van der Waals surface area contributed by atoms with Gasteiger partial charge in [0.2, 0.25) is 0 Å². The third-order valence-corrected chi connectivity index (χ3v) is 5.86. The third kappa shape index (κ3) is 3.08. The molecule has 1 fully saturated rings. The molecule has 1 saturated heterocycles. The summed E-state index contributed by atoms with van der Waals surface area (Å²) < 4.78 is 0.